The zero-order valence-corrected chi connectivity index (χ0v) is 12.3. The number of aliphatic hydroxyl groups is 1. The van der Waals surface area contributed by atoms with Gasteiger partial charge in [0.1, 0.15) is 11.6 Å². The highest BCUT2D eigenvalue weighted by Gasteiger charge is 2.08. The summed E-state index contributed by atoms with van der Waals surface area (Å²) in [5, 5.41) is 14.7. The van der Waals surface area contributed by atoms with Crippen molar-refractivity contribution in [2.45, 2.75) is 32.8 Å². The van der Waals surface area contributed by atoms with Gasteiger partial charge >= 0.3 is 6.03 Å². The molecule has 0 saturated heterocycles. The van der Waals surface area contributed by atoms with E-state index >= 15 is 0 Å². The minimum Gasteiger partial charge on any atom is -0.391 e. The third-order valence-electron chi connectivity index (χ3n) is 2.86. The largest absolute Gasteiger partial charge is 0.391 e. The minimum atomic E-state index is -0.633. The lowest BCUT2D eigenvalue weighted by Gasteiger charge is -2.14. The predicted molar refractivity (Wildman–Crippen MR) is 76.9 cm³/mol. The number of halogens is 2. The fourth-order valence-electron chi connectivity index (χ4n) is 1.98. The van der Waals surface area contributed by atoms with Crippen molar-refractivity contribution in [2.75, 3.05) is 13.1 Å². The molecule has 1 aromatic carbocycles. The lowest BCUT2D eigenvalue weighted by Crippen LogP contribution is -2.40. The van der Waals surface area contributed by atoms with Crippen molar-refractivity contribution in [3.05, 3.63) is 35.4 Å². The monoisotopic (exact) mass is 300 g/mol. The second-order valence-electron chi connectivity index (χ2n) is 5.45. The molecule has 6 heteroatoms. The molecule has 0 heterocycles. The van der Waals surface area contributed by atoms with Crippen LogP contribution in [0.2, 0.25) is 0 Å². The number of benzene rings is 1. The Labute approximate surface area is 123 Å². The van der Waals surface area contributed by atoms with Crippen LogP contribution in [-0.4, -0.2) is 30.3 Å². The summed E-state index contributed by atoms with van der Waals surface area (Å²) in [5.74, 6) is -0.912. The Morgan fingerprint density at radius 1 is 1.19 bits per heavy atom. The molecular weight excluding hydrogens is 278 g/mol. The molecule has 0 aliphatic carbocycles. The molecule has 2 amide bonds. The summed E-state index contributed by atoms with van der Waals surface area (Å²) in [4.78, 5) is 11.5. The van der Waals surface area contributed by atoms with Crippen LogP contribution in [0.1, 0.15) is 25.8 Å². The first-order valence-electron chi connectivity index (χ1n) is 7.01. The Kier molecular flexibility index (Phi) is 7.08. The molecule has 21 heavy (non-hydrogen) atoms. The molecule has 1 unspecified atom stereocenters. The van der Waals surface area contributed by atoms with Gasteiger partial charge in [-0.3, -0.25) is 0 Å². The van der Waals surface area contributed by atoms with Gasteiger partial charge in [-0.2, -0.15) is 0 Å². The van der Waals surface area contributed by atoms with Gasteiger partial charge < -0.3 is 15.7 Å². The quantitative estimate of drug-likeness (QED) is 0.723. The lowest BCUT2D eigenvalue weighted by atomic mass is 10.1. The van der Waals surface area contributed by atoms with E-state index in [1.54, 1.807) is 0 Å². The minimum absolute atomic E-state index is 0.179. The highest BCUT2D eigenvalue weighted by molar-refractivity contribution is 5.73. The van der Waals surface area contributed by atoms with E-state index in [1.165, 1.54) is 12.1 Å². The topological polar surface area (TPSA) is 61.4 Å². The molecule has 0 bridgehead atoms. The van der Waals surface area contributed by atoms with Crippen molar-refractivity contribution in [2.24, 2.45) is 5.92 Å². The number of carbonyl (C=O) groups is 1. The zero-order valence-electron chi connectivity index (χ0n) is 12.3. The molecule has 0 radical (unpaired) electrons. The first-order chi connectivity index (χ1) is 9.86. The molecule has 1 atom stereocenters. The third kappa shape index (κ3) is 7.60. The van der Waals surface area contributed by atoms with Gasteiger partial charge in [-0.05, 0) is 36.5 Å². The van der Waals surface area contributed by atoms with Crippen LogP contribution in [0, 0.1) is 17.6 Å². The summed E-state index contributed by atoms with van der Waals surface area (Å²) >= 11 is 0. The summed E-state index contributed by atoms with van der Waals surface area (Å²) in [7, 11) is 0. The maximum Gasteiger partial charge on any atom is 0.314 e. The second kappa shape index (κ2) is 8.56. The SMILES string of the molecule is CC(C)CC(O)CNC(=O)NCCc1cc(F)cc(F)c1. The number of hydrogen-bond acceptors (Lipinski definition) is 2. The van der Waals surface area contributed by atoms with E-state index in [2.05, 4.69) is 10.6 Å². The molecule has 1 rings (SSSR count). The van der Waals surface area contributed by atoms with Crippen LogP contribution in [0.25, 0.3) is 0 Å². The normalized spacial score (nSPS) is 12.3. The van der Waals surface area contributed by atoms with Crippen LogP contribution in [-0.2, 0) is 6.42 Å². The molecule has 0 aliphatic rings. The molecule has 1 aromatic rings. The average Bonchev–Trinajstić information content (AvgIpc) is 2.34. The molecule has 0 spiro atoms. The van der Waals surface area contributed by atoms with Crippen LogP contribution in [0.5, 0.6) is 0 Å². The van der Waals surface area contributed by atoms with Crippen molar-refractivity contribution in [3.8, 4) is 0 Å². The first kappa shape index (κ1) is 17.4. The van der Waals surface area contributed by atoms with E-state index in [9.17, 15) is 18.7 Å². The number of aliphatic hydroxyl groups excluding tert-OH is 1. The van der Waals surface area contributed by atoms with Gasteiger partial charge in [-0.1, -0.05) is 13.8 Å². The number of amides is 2. The van der Waals surface area contributed by atoms with Crippen LogP contribution in [0.3, 0.4) is 0 Å². The molecule has 4 nitrogen and oxygen atoms in total. The van der Waals surface area contributed by atoms with Crippen LogP contribution >= 0.6 is 0 Å². The lowest BCUT2D eigenvalue weighted by molar-refractivity contribution is 0.147. The van der Waals surface area contributed by atoms with Gasteiger partial charge in [0.15, 0.2) is 0 Å². The van der Waals surface area contributed by atoms with E-state index in [0.29, 0.717) is 24.3 Å². The molecule has 0 fully saturated rings. The van der Waals surface area contributed by atoms with E-state index in [-0.39, 0.29) is 13.1 Å². The summed E-state index contributed by atoms with van der Waals surface area (Å²) in [6.45, 7) is 4.41. The molecule has 0 saturated carbocycles. The highest BCUT2D eigenvalue weighted by atomic mass is 19.1. The van der Waals surface area contributed by atoms with Gasteiger partial charge in [0.25, 0.3) is 0 Å². The zero-order chi connectivity index (χ0) is 15.8. The van der Waals surface area contributed by atoms with Gasteiger partial charge in [-0.25, -0.2) is 13.6 Å². The Bertz CT molecular complexity index is 447. The Balaban J connectivity index is 2.24. The van der Waals surface area contributed by atoms with Gasteiger partial charge in [-0.15, -0.1) is 0 Å². The Hall–Kier alpha value is -1.69. The fourth-order valence-corrected chi connectivity index (χ4v) is 1.98. The van der Waals surface area contributed by atoms with Crippen molar-refractivity contribution in [1.82, 2.24) is 10.6 Å². The maximum absolute atomic E-state index is 13.0. The molecule has 3 N–H and O–H groups in total. The van der Waals surface area contributed by atoms with E-state index in [4.69, 9.17) is 0 Å². The maximum atomic E-state index is 13.0. The third-order valence-corrected chi connectivity index (χ3v) is 2.86. The molecule has 0 aromatic heterocycles. The fraction of sp³-hybridized carbons (Fsp3) is 0.533. The number of carbonyl (C=O) groups excluding carboxylic acids is 1. The van der Waals surface area contributed by atoms with E-state index in [0.717, 1.165) is 6.07 Å². The van der Waals surface area contributed by atoms with Crippen LogP contribution < -0.4 is 10.6 Å². The molecule has 118 valence electrons. The van der Waals surface area contributed by atoms with E-state index < -0.39 is 23.8 Å². The van der Waals surface area contributed by atoms with Gasteiger partial charge in [0, 0.05) is 19.2 Å². The summed E-state index contributed by atoms with van der Waals surface area (Å²) < 4.78 is 25.9. The van der Waals surface area contributed by atoms with Crippen molar-refractivity contribution < 1.29 is 18.7 Å². The van der Waals surface area contributed by atoms with Crippen LogP contribution in [0.15, 0.2) is 18.2 Å². The Morgan fingerprint density at radius 2 is 1.81 bits per heavy atom. The Morgan fingerprint density at radius 3 is 2.38 bits per heavy atom. The summed E-state index contributed by atoms with van der Waals surface area (Å²) in [6.07, 6.45) is 0.368. The number of urea groups is 1. The number of nitrogens with one attached hydrogen (secondary N) is 2. The molecular formula is C15H22F2N2O2. The summed E-state index contributed by atoms with van der Waals surface area (Å²) in [5.41, 5.74) is 0.479. The van der Waals surface area contributed by atoms with Gasteiger partial charge in [0.05, 0.1) is 6.10 Å². The average molecular weight is 300 g/mol. The smallest absolute Gasteiger partial charge is 0.314 e. The molecule has 0 aliphatic heterocycles. The second-order valence-corrected chi connectivity index (χ2v) is 5.45. The van der Waals surface area contributed by atoms with Crippen molar-refractivity contribution >= 4 is 6.03 Å². The number of rotatable bonds is 7. The van der Waals surface area contributed by atoms with Crippen molar-refractivity contribution in [3.63, 3.8) is 0 Å². The summed E-state index contributed by atoms with van der Waals surface area (Å²) in [6, 6.07) is 2.86. The first-order valence-corrected chi connectivity index (χ1v) is 7.01. The number of hydrogen-bond donors (Lipinski definition) is 3. The van der Waals surface area contributed by atoms with Gasteiger partial charge in [0.2, 0.25) is 0 Å². The van der Waals surface area contributed by atoms with Crippen LogP contribution in [0.4, 0.5) is 13.6 Å². The van der Waals surface area contributed by atoms with E-state index in [1.807, 2.05) is 13.8 Å². The highest BCUT2D eigenvalue weighted by Crippen LogP contribution is 2.08. The van der Waals surface area contributed by atoms with Crippen molar-refractivity contribution in [1.29, 1.82) is 0 Å². The standard InChI is InChI=1S/C15H22F2N2O2/c1-10(2)5-14(20)9-19-15(21)18-4-3-11-6-12(16)8-13(17)7-11/h6-8,10,14,20H,3-5,9H2,1-2H3,(H2,18,19,21). The predicted octanol–water partition coefficient (Wildman–Crippen LogP) is 2.21.